The topological polar surface area (TPSA) is 20.3 Å². The van der Waals surface area contributed by atoms with Crippen LogP contribution in [0.25, 0.3) is 0 Å². The lowest BCUT2D eigenvalue weighted by Gasteiger charge is -2.38. The van der Waals surface area contributed by atoms with E-state index in [4.69, 9.17) is 11.6 Å². The second-order valence-electron chi connectivity index (χ2n) is 6.81. The van der Waals surface area contributed by atoms with Gasteiger partial charge in [-0.1, -0.05) is 17.7 Å². The summed E-state index contributed by atoms with van der Waals surface area (Å²) in [5.41, 5.74) is -0.266. The smallest absolute Gasteiger partial charge is 0.330 e. The summed E-state index contributed by atoms with van der Waals surface area (Å²) >= 11 is 7.20. The molecule has 3 rings (SSSR count). The summed E-state index contributed by atoms with van der Waals surface area (Å²) in [7, 11) is 0. The highest BCUT2D eigenvalue weighted by molar-refractivity contribution is 7.99. The van der Waals surface area contributed by atoms with Gasteiger partial charge in [-0.3, -0.25) is 4.79 Å². The lowest BCUT2D eigenvalue weighted by molar-refractivity contribution is -0.165. The van der Waals surface area contributed by atoms with Gasteiger partial charge in [-0.2, -0.15) is 24.9 Å². The monoisotopic (exact) mass is 413 g/mol. The molecule has 0 spiro atoms. The van der Waals surface area contributed by atoms with Crippen molar-refractivity contribution >= 4 is 29.3 Å². The first kappa shape index (κ1) is 19.7. The first-order valence-electron chi connectivity index (χ1n) is 8.19. The number of likely N-dealkylation sites (tertiary alicyclic amines) is 1. The van der Waals surface area contributed by atoms with Crippen molar-refractivity contribution in [3.8, 4) is 0 Å². The van der Waals surface area contributed by atoms with Crippen molar-refractivity contribution in [1.82, 2.24) is 4.90 Å². The van der Waals surface area contributed by atoms with E-state index in [1.165, 1.54) is 6.07 Å². The molecule has 9 heteroatoms. The number of thioether (sulfide) groups is 1. The molecule has 2 fully saturated rings. The molecule has 2 unspecified atom stereocenters. The van der Waals surface area contributed by atoms with Gasteiger partial charge in [0.1, 0.15) is 0 Å². The van der Waals surface area contributed by atoms with E-state index in [-0.39, 0.29) is 28.5 Å². The molecular formula is C17H17ClF5NOS. The average molecular weight is 414 g/mol. The van der Waals surface area contributed by atoms with Crippen molar-refractivity contribution in [2.24, 2.45) is 5.92 Å². The van der Waals surface area contributed by atoms with E-state index in [9.17, 15) is 26.7 Å². The predicted molar refractivity (Wildman–Crippen MR) is 90.5 cm³/mol. The van der Waals surface area contributed by atoms with E-state index >= 15 is 0 Å². The second kappa shape index (κ2) is 7.19. The van der Waals surface area contributed by atoms with Gasteiger partial charge in [0.25, 0.3) is 5.92 Å². The van der Waals surface area contributed by atoms with Gasteiger partial charge in [0.05, 0.1) is 23.7 Å². The molecule has 2 saturated heterocycles. The Morgan fingerprint density at radius 1 is 1.31 bits per heavy atom. The summed E-state index contributed by atoms with van der Waals surface area (Å²) in [6.07, 6.45) is -3.08. The van der Waals surface area contributed by atoms with E-state index in [0.29, 0.717) is 18.4 Å². The van der Waals surface area contributed by atoms with Crippen LogP contribution in [0.1, 0.15) is 35.6 Å². The summed E-state index contributed by atoms with van der Waals surface area (Å²) in [4.78, 5) is 13.0. The quantitative estimate of drug-likeness (QED) is 0.615. The first-order chi connectivity index (χ1) is 12.0. The zero-order chi connectivity index (χ0) is 19.1. The van der Waals surface area contributed by atoms with E-state index in [2.05, 4.69) is 0 Å². The summed E-state index contributed by atoms with van der Waals surface area (Å²) in [6.45, 7) is -1.03. The SMILES string of the molecule is O=C(CCC1CSC(c2ccc(Cl)c(C(F)(F)F)c2)C1)N1CC(F)(F)C1. The fraction of sp³-hybridized carbons (Fsp3) is 0.588. The molecule has 2 atom stereocenters. The van der Waals surface area contributed by atoms with Crippen LogP contribution >= 0.6 is 23.4 Å². The lowest BCUT2D eigenvalue weighted by atomic mass is 9.95. The van der Waals surface area contributed by atoms with Crippen molar-refractivity contribution < 1.29 is 26.7 Å². The van der Waals surface area contributed by atoms with Crippen molar-refractivity contribution in [3.05, 3.63) is 34.3 Å². The van der Waals surface area contributed by atoms with Crippen LogP contribution < -0.4 is 0 Å². The fourth-order valence-corrected chi connectivity index (χ4v) is 5.04. The molecule has 2 aliphatic heterocycles. The number of rotatable bonds is 4. The number of carbonyl (C=O) groups excluding carboxylic acids is 1. The highest BCUT2D eigenvalue weighted by Crippen LogP contribution is 2.46. The molecule has 1 aromatic rings. The standard InChI is InChI=1S/C17H17ClF5NOS/c18-13-3-2-11(6-12(13)17(21,22)23)14-5-10(7-26-14)1-4-15(25)24-8-16(19,20)9-24/h2-3,6,10,14H,1,4-5,7-9H2. The maximum Gasteiger partial charge on any atom is 0.417 e. The largest absolute Gasteiger partial charge is 0.417 e. The Bertz CT molecular complexity index is 688. The van der Waals surface area contributed by atoms with Gasteiger partial charge in [-0.25, -0.2) is 8.78 Å². The van der Waals surface area contributed by atoms with Gasteiger partial charge in [-0.05, 0) is 42.2 Å². The van der Waals surface area contributed by atoms with Crippen LogP contribution in [-0.4, -0.2) is 35.6 Å². The third-order valence-corrected chi connectivity index (χ3v) is 6.57. The molecule has 0 bridgehead atoms. The van der Waals surface area contributed by atoms with Crippen LogP contribution in [0.15, 0.2) is 18.2 Å². The van der Waals surface area contributed by atoms with Crippen LogP contribution in [0.4, 0.5) is 22.0 Å². The van der Waals surface area contributed by atoms with Gasteiger partial charge in [0.2, 0.25) is 5.91 Å². The minimum absolute atomic E-state index is 0.0817. The maximum absolute atomic E-state index is 13.0. The highest BCUT2D eigenvalue weighted by atomic mass is 35.5. The minimum atomic E-state index is -4.50. The van der Waals surface area contributed by atoms with E-state index in [1.54, 1.807) is 17.8 Å². The van der Waals surface area contributed by atoms with Crippen LogP contribution in [0.3, 0.4) is 0 Å². The Hall–Kier alpha value is -1.02. The summed E-state index contributed by atoms with van der Waals surface area (Å²) in [5.74, 6) is -2.14. The maximum atomic E-state index is 13.0. The van der Waals surface area contributed by atoms with Gasteiger partial charge in [0, 0.05) is 11.7 Å². The molecule has 2 nitrogen and oxygen atoms in total. The molecule has 0 aliphatic carbocycles. The third-order valence-electron chi connectivity index (χ3n) is 4.71. The number of halogens is 6. The van der Waals surface area contributed by atoms with Crippen molar-refractivity contribution in [2.45, 2.75) is 36.6 Å². The molecular weight excluding hydrogens is 397 g/mol. The number of benzene rings is 1. The first-order valence-corrected chi connectivity index (χ1v) is 9.62. The molecule has 144 valence electrons. The molecule has 2 aliphatic rings. The molecule has 0 saturated carbocycles. The fourth-order valence-electron chi connectivity index (χ4n) is 3.26. The van der Waals surface area contributed by atoms with Gasteiger partial charge < -0.3 is 4.90 Å². The van der Waals surface area contributed by atoms with E-state index in [0.717, 1.165) is 16.7 Å². The van der Waals surface area contributed by atoms with E-state index < -0.39 is 30.8 Å². The zero-order valence-electron chi connectivity index (χ0n) is 13.7. The number of hydrogen-bond acceptors (Lipinski definition) is 2. The Kier molecular flexibility index (Phi) is 5.45. The molecule has 26 heavy (non-hydrogen) atoms. The summed E-state index contributed by atoms with van der Waals surface area (Å²) < 4.78 is 64.5. The summed E-state index contributed by atoms with van der Waals surface area (Å²) in [5, 5.41) is -0.403. The number of amides is 1. The normalized spacial score (nSPS) is 25.2. The highest BCUT2D eigenvalue weighted by Gasteiger charge is 2.46. The number of alkyl halides is 5. The minimum Gasteiger partial charge on any atom is -0.330 e. The Morgan fingerprint density at radius 3 is 2.62 bits per heavy atom. The van der Waals surface area contributed by atoms with Crippen molar-refractivity contribution in [3.63, 3.8) is 0 Å². The van der Waals surface area contributed by atoms with Crippen LogP contribution in [-0.2, 0) is 11.0 Å². The summed E-state index contributed by atoms with van der Waals surface area (Å²) in [6, 6.07) is 3.96. The Balaban J connectivity index is 1.53. The van der Waals surface area contributed by atoms with Crippen LogP contribution in [0.2, 0.25) is 5.02 Å². The molecule has 1 amide bonds. The molecule has 2 heterocycles. The van der Waals surface area contributed by atoms with Crippen LogP contribution in [0, 0.1) is 5.92 Å². The van der Waals surface area contributed by atoms with Crippen molar-refractivity contribution in [2.75, 3.05) is 18.8 Å². The third kappa shape index (κ3) is 4.44. The Labute approximate surface area is 157 Å². The van der Waals surface area contributed by atoms with Gasteiger partial charge >= 0.3 is 6.18 Å². The zero-order valence-corrected chi connectivity index (χ0v) is 15.2. The molecule has 0 radical (unpaired) electrons. The lowest BCUT2D eigenvalue weighted by Crippen LogP contribution is -2.58. The number of nitrogens with zero attached hydrogens (tertiary/aromatic N) is 1. The molecule has 0 N–H and O–H groups in total. The second-order valence-corrected chi connectivity index (χ2v) is 8.45. The van der Waals surface area contributed by atoms with Gasteiger partial charge in [-0.15, -0.1) is 0 Å². The van der Waals surface area contributed by atoms with Gasteiger partial charge in [0.15, 0.2) is 0 Å². The van der Waals surface area contributed by atoms with E-state index in [1.807, 2.05) is 0 Å². The van der Waals surface area contributed by atoms with Crippen molar-refractivity contribution in [1.29, 1.82) is 0 Å². The predicted octanol–water partition coefficient (Wildman–Crippen LogP) is 5.41. The Morgan fingerprint density at radius 2 is 2.00 bits per heavy atom. The molecule has 0 aromatic heterocycles. The average Bonchev–Trinajstić information content (AvgIpc) is 2.98. The van der Waals surface area contributed by atoms with Crippen LogP contribution in [0.5, 0.6) is 0 Å². The molecule has 1 aromatic carbocycles. The number of hydrogen-bond donors (Lipinski definition) is 0. The number of carbonyl (C=O) groups is 1.